The van der Waals surface area contributed by atoms with E-state index in [1.54, 1.807) is 26.0 Å². The minimum absolute atomic E-state index is 0.0902. The molecular formula is C22H30FN5O2S. The second-order valence-electron chi connectivity index (χ2n) is 7.93. The quantitative estimate of drug-likeness (QED) is 0.502. The fourth-order valence-corrected chi connectivity index (χ4v) is 5.06. The lowest BCUT2D eigenvalue weighted by Crippen LogP contribution is -2.51. The predicted molar refractivity (Wildman–Crippen MR) is 123 cm³/mol. The highest BCUT2D eigenvalue weighted by Crippen LogP contribution is 2.17. The van der Waals surface area contributed by atoms with E-state index in [9.17, 15) is 12.8 Å². The molecule has 0 bridgehead atoms. The molecule has 1 heterocycles. The number of nitrogens with one attached hydrogen (secondary N) is 1. The summed E-state index contributed by atoms with van der Waals surface area (Å²) in [6.45, 7) is 6.85. The highest BCUT2D eigenvalue weighted by molar-refractivity contribution is 7.88. The molecule has 0 amide bonds. The number of hydrogen-bond donors (Lipinski definition) is 2. The molecule has 2 aromatic rings. The van der Waals surface area contributed by atoms with E-state index in [0.717, 1.165) is 24.3 Å². The molecule has 0 radical (unpaired) electrons. The van der Waals surface area contributed by atoms with Crippen LogP contribution in [-0.2, 0) is 22.3 Å². The number of sulfonamides is 1. The van der Waals surface area contributed by atoms with E-state index in [1.165, 1.54) is 12.1 Å². The van der Waals surface area contributed by atoms with Crippen molar-refractivity contribution in [2.75, 3.05) is 31.1 Å². The molecule has 1 fully saturated rings. The van der Waals surface area contributed by atoms with E-state index in [2.05, 4.69) is 14.6 Å². The van der Waals surface area contributed by atoms with Crippen LogP contribution in [0.2, 0.25) is 0 Å². The van der Waals surface area contributed by atoms with E-state index in [1.807, 2.05) is 29.2 Å². The zero-order chi connectivity index (χ0) is 22.4. The summed E-state index contributed by atoms with van der Waals surface area (Å²) in [5.41, 5.74) is 8.76. The van der Waals surface area contributed by atoms with Crippen molar-refractivity contribution in [3.8, 4) is 0 Å². The number of rotatable bonds is 7. The molecule has 3 N–H and O–H groups in total. The minimum Gasteiger partial charge on any atom is -0.370 e. The number of nitrogens with two attached hydrogens (primary N) is 1. The Morgan fingerprint density at radius 1 is 1.06 bits per heavy atom. The predicted octanol–water partition coefficient (Wildman–Crippen LogP) is 2.29. The van der Waals surface area contributed by atoms with Crippen LogP contribution in [-0.4, -0.2) is 51.5 Å². The number of hydrogen-bond acceptors (Lipinski definition) is 4. The number of piperazine rings is 1. The van der Waals surface area contributed by atoms with Gasteiger partial charge in [-0.1, -0.05) is 24.3 Å². The van der Waals surface area contributed by atoms with Gasteiger partial charge in [0.15, 0.2) is 5.96 Å². The minimum atomic E-state index is -3.42. The van der Waals surface area contributed by atoms with Crippen molar-refractivity contribution >= 4 is 21.7 Å². The molecular weight excluding hydrogens is 417 g/mol. The summed E-state index contributed by atoms with van der Waals surface area (Å²) in [5.74, 6) is 0.108. The summed E-state index contributed by atoms with van der Waals surface area (Å²) in [4.78, 5) is 8.72. The molecule has 0 atom stereocenters. The molecule has 1 aliphatic rings. The summed E-state index contributed by atoms with van der Waals surface area (Å²) in [5, 5.41) is 0. The van der Waals surface area contributed by atoms with Crippen LogP contribution < -0.4 is 15.4 Å². The monoisotopic (exact) mass is 447 g/mol. The zero-order valence-electron chi connectivity index (χ0n) is 18.0. The first kappa shape index (κ1) is 23.0. The van der Waals surface area contributed by atoms with Gasteiger partial charge in [-0.25, -0.2) is 22.5 Å². The fraction of sp³-hybridized carbons (Fsp3) is 0.409. The maximum absolute atomic E-state index is 13.1. The highest BCUT2D eigenvalue weighted by Gasteiger charge is 2.19. The van der Waals surface area contributed by atoms with Crippen LogP contribution in [0.15, 0.2) is 53.5 Å². The maximum Gasteiger partial charge on any atom is 0.216 e. The van der Waals surface area contributed by atoms with E-state index >= 15 is 0 Å². The topological polar surface area (TPSA) is 91.0 Å². The maximum atomic E-state index is 13.1. The highest BCUT2D eigenvalue weighted by atomic mass is 32.2. The molecule has 31 heavy (non-hydrogen) atoms. The van der Waals surface area contributed by atoms with Crippen molar-refractivity contribution in [2.24, 2.45) is 10.7 Å². The van der Waals surface area contributed by atoms with Gasteiger partial charge in [0.05, 0.1) is 12.3 Å². The summed E-state index contributed by atoms with van der Waals surface area (Å²) >= 11 is 0. The summed E-state index contributed by atoms with van der Waals surface area (Å²) in [6, 6.07) is 13.7. The number of nitrogens with zero attached hydrogens (tertiary/aromatic N) is 3. The van der Waals surface area contributed by atoms with Crippen molar-refractivity contribution in [3.63, 3.8) is 0 Å². The van der Waals surface area contributed by atoms with E-state index in [-0.39, 0.29) is 17.6 Å². The number of benzene rings is 2. The zero-order valence-corrected chi connectivity index (χ0v) is 18.8. The number of aliphatic imine (C=N–C) groups is 1. The molecule has 0 saturated carbocycles. The van der Waals surface area contributed by atoms with Gasteiger partial charge in [0.25, 0.3) is 0 Å². The standard InChI is InChI=1S/C22H30FN5O2S/c1-17(2)26-31(29,30)16-19-6-4-3-5-18(19)15-25-22(24)28-13-11-27(12-14-28)21-9-7-20(23)8-10-21/h3-10,17,26H,11-16H2,1-2H3,(H2,24,25). The Bertz CT molecular complexity index is 1000. The normalized spacial score (nSPS) is 15.5. The van der Waals surface area contributed by atoms with Gasteiger partial charge in [-0.3, -0.25) is 0 Å². The molecule has 0 aliphatic carbocycles. The summed E-state index contributed by atoms with van der Waals surface area (Å²) in [6.07, 6.45) is 0. The van der Waals surface area contributed by atoms with Crippen LogP contribution in [0.4, 0.5) is 10.1 Å². The van der Waals surface area contributed by atoms with Crippen molar-refractivity contribution in [1.82, 2.24) is 9.62 Å². The lowest BCUT2D eigenvalue weighted by Gasteiger charge is -2.36. The molecule has 0 unspecified atom stereocenters. The van der Waals surface area contributed by atoms with Gasteiger partial charge in [-0.2, -0.15) is 0 Å². The Labute approximate surface area is 183 Å². The molecule has 1 saturated heterocycles. The first-order valence-electron chi connectivity index (χ1n) is 10.4. The number of halogens is 1. The van der Waals surface area contributed by atoms with Crippen molar-refractivity contribution in [1.29, 1.82) is 0 Å². The van der Waals surface area contributed by atoms with Gasteiger partial charge in [-0.15, -0.1) is 0 Å². The summed E-state index contributed by atoms with van der Waals surface area (Å²) in [7, 11) is -3.42. The summed E-state index contributed by atoms with van der Waals surface area (Å²) < 4.78 is 40.4. The van der Waals surface area contributed by atoms with Gasteiger partial charge in [-0.05, 0) is 49.2 Å². The van der Waals surface area contributed by atoms with Crippen LogP contribution >= 0.6 is 0 Å². The molecule has 1 aliphatic heterocycles. The van der Waals surface area contributed by atoms with Gasteiger partial charge in [0.1, 0.15) is 5.82 Å². The first-order chi connectivity index (χ1) is 14.7. The molecule has 2 aromatic carbocycles. The number of guanidine groups is 1. The Morgan fingerprint density at radius 3 is 2.29 bits per heavy atom. The van der Waals surface area contributed by atoms with E-state index in [4.69, 9.17) is 5.73 Å². The molecule has 0 spiro atoms. The average molecular weight is 448 g/mol. The Kier molecular flexibility index (Phi) is 7.50. The van der Waals surface area contributed by atoms with Crippen LogP contribution in [0.25, 0.3) is 0 Å². The number of anilines is 1. The second-order valence-corrected chi connectivity index (χ2v) is 9.68. The SMILES string of the molecule is CC(C)NS(=O)(=O)Cc1ccccc1CN=C(N)N1CCN(c2ccc(F)cc2)CC1. The van der Waals surface area contributed by atoms with Gasteiger partial charge in [0.2, 0.25) is 10.0 Å². The molecule has 9 heteroatoms. The third kappa shape index (κ3) is 6.67. The lowest BCUT2D eigenvalue weighted by atomic mass is 10.1. The second kappa shape index (κ2) is 10.1. The molecule has 0 aromatic heterocycles. The van der Waals surface area contributed by atoms with Gasteiger partial charge in [0, 0.05) is 37.9 Å². The van der Waals surface area contributed by atoms with E-state index in [0.29, 0.717) is 31.2 Å². The van der Waals surface area contributed by atoms with E-state index < -0.39 is 10.0 Å². The first-order valence-corrected chi connectivity index (χ1v) is 12.0. The molecule has 168 valence electrons. The van der Waals surface area contributed by atoms with Gasteiger partial charge >= 0.3 is 0 Å². The van der Waals surface area contributed by atoms with Crippen molar-refractivity contribution in [2.45, 2.75) is 32.2 Å². The van der Waals surface area contributed by atoms with Gasteiger partial charge < -0.3 is 15.5 Å². The third-order valence-corrected chi connectivity index (χ3v) is 6.61. The Balaban J connectivity index is 1.60. The molecule has 7 nitrogen and oxygen atoms in total. The van der Waals surface area contributed by atoms with Crippen molar-refractivity contribution in [3.05, 3.63) is 65.5 Å². The largest absolute Gasteiger partial charge is 0.370 e. The van der Waals surface area contributed by atoms with Crippen LogP contribution in [0.5, 0.6) is 0 Å². The third-order valence-electron chi connectivity index (χ3n) is 5.09. The smallest absolute Gasteiger partial charge is 0.216 e. The van der Waals surface area contributed by atoms with Crippen molar-refractivity contribution < 1.29 is 12.8 Å². The molecule has 3 rings (SSSR count). The van der Waals surface area contributed by atoms with Crippen LogP contribution in [0.1, 0.15) is 25.0 Å². The van der Waals surface area contributed by atoms with Crippen LogP contribution in [0, 0.1) is 5.82 Å². The average Bonchev–Trinajstić information content (AvgIpc) is 2.72. The Morgan fingerprint density at radius 2 is 1.68 bits per heavy atom. The fourth-order valence-electron chi connectivity index (χ4n) is 3.57. The van der Waals surface area contributed by atoms with Crippen LogP contribution in [0.3, 0.4) is 0 Å². The lowest BCUT2D eigenvalue weighted by molar-refractivity contribution is 0.380. The Hall–Kier alpha value is -2.65.